The second-order valence-electron chi connectivity index (χ2n) is 5.19. The van der Waals surface area contributed by atoms with Gasteiger partial charge in [0.15, 0.2) is 0 Å². The fourth-order valence-corrected chi connectivity index (χ4v) is 2.50. The molecule has 0 amide bonds. The standard InChI is InChI=1S/C16H22N3O3P/c1-14-7-9-15(10-8-14)13-21-12-11-19(23(17,18)20)22-16-5-3-2-4-6-16/h2-10H,11-13H2,1H3,(H4,17,18,20). The summed E-state index contributed by atoms with van der Waals surface area (Å²) in [5.41, 5.74) is 13.3. The van der Waals surface area contributed by atoms with Crippen LogP contribution in [0.3, 0.4) is 0 Å². The first kappa shape index (κ1) is 17.7. The lowest BCUT2D eigenvalue weighted by atomic mass is 10.2. The molecule has 2 aromatic carbocycles. The maximum absolute atomic E-state index is 11.9. The molecule has 0 spiro atoms. The third-order valence-corrected chi connectivity index (χ3v) is 4.10. The number of benzene rings is 2. The van der Waals surface area contributed by atoms with Crippen LogP contribution in [0.2, 0.25) is 0 Å². The Morgan fingerprint density at radius 2 is 1.70 bits per heavy atom. The van der Waals surface area contributed by atoms with Crippen molar-refractivity contribution in [2.45, 2.75) is 13.5 Å². The third kappa shape index (κ3) is 6.14. The lowest BCUT2D eigenvalue weighted by Gasteiger charge is -2.24. The first-order valence-electron chi connectivity index (χ1n) is 7.26. The normalized spacial score (nSPS) is 11.7. The average Bonchev–Trinajstić information content (AvgIpc) is 2.52. The van der Waals surface area contributed by atoms with Crippen LogP contribution in [0.25, 0.3) is 0 Å². The Morgan fingerprint density at radius 3 is 2.30 bits per heavy atom. The Balaban J connectivity index is 1.84. The fourth-order valence-electron chi connectivity index (χ4n) is 1.89. The van der Waals surface area contributed by atoms with Gasteiger partial charge in [0.05, 0.1) is 19.8 Å². The molecule has 4 N–H and O–H groups in total. The Hall–Kier alpha value is -1.69. The summed E-state index contributed by atoms with van der Waals surface area (Å²) in [6.45, 7) is 2.98. The highest BCUT2D eigenvalue weighted by atomic mass is 31.2. The zero-order chi connectivity index (χ0) is 16.7. The van der Waals surface area contributed by atoms with Crippen molar-refractivity contribution in [3.8, 4) is 5.75 Å². The molecule has 2 aromatic rings. The molecule has 0 saturated carbocycles. The topological polar surface area (TPSA) is 90.8 Å². The molecule has 0 unspecified atom stereocenters. The smallest absolute Gasteiger partial charge is 0.308 e. The molecule has 0 aromatic heterocycles. The second-order valence-corrected chi connectivity index (χ2v) is 6.98. The van der Waals surface area contributed by atoms with Gasteiger partial charge in [-0.2, -0.15) is 0 Å². The molecule has 2 rings (SSSR count). The molecule has 0 atom stereocenters. The van der Waals surface area contributed by atoms with Gasteiger partial charge in [0.1, 0.15) is 5.75 Å². The Bertz CT molecular complexity index is 643. The summed E-state index contributed by atoms with van der Waals surface area (Å²) >= 11 is 0. The van der Waals surface area contributed by atoms with Gasteiger partial charge in [-0.3, -0.25) is 15.6 Å². The van der Waals surface area contributed by atoms with E-state index in [9.17, 15) is 4.57 Å². The van der Waals surface area contributed by atoms with Crippen LogP contribution >= 0.6 is 7.59 Å². The van der Waals surface area contributed by atoms with E-state index in [-0.39, 0.29) is 6.54 Å². The van der Waals surface area contributed by atoms with Crippen LogP contribution in [0.4, 0.5) is 0 Å². The fraction of sp³-hybridized carbons (Fsp3) is 0.250. The number of hydrogen-bond donors (Lipinski definition) is 2. The van der Waals surface area contributed by atoms with Crippen LogP contribution in [-0.2, 0) is 15.9 Å². The van der Waals surface area contributed by atoms with E-state index in [0.29, 0.717) is 19.0 Å². The monoisotopic (exact) mass is 335 g/mol. The Morgan fingerprint density at radius 1 is 1.04 bits per heavy atom. The van der Waals surface area contributed by atoms with Gasteiger partial charge in [-0.1, -0.05) is 52.9 Å². The number of hydrogen-bond acceptors (Lipinski definition) is 3. The molecular formula is C16H22N3O3P. The van der Waals surface area contributed by atoms with E-state index in [2.05, 4.69) is 0 Å². The van der Waals surface area contributed by atoms with Crippen LogP contribution in [-0.4, -0.2) is 18.0 Å². The highest BCUT2D eigenvalue weighted by molar-refractivity contribution is 7.56. The number of rotatable bonds is 8. The van der Waals surface area contributed by atoms with Crippen molar-refractivity contribution < 1.29 is 14.1 Å². The van der Waals surface area contributed by atoms with Gasteiger partial charge in [0.25, 0.3) is 0 Å². The summed E-state index contributed by atoms with van der Waals surface area (Å²) < 4.78 is 17.5. The minimum atomic E-state index is -3.53. The first-order chi connectivity index (χ1) is 10.9. The number of hydroxylamine groups is 1. The highest BCUT2D eigenvalue weighted by Gasteiger charge is 2.23. The zero-order valence-electron chi connectivity index (χ0n) is 13.1. The summed E-state index contributed by atoms with van der Waals surface area (Å²) in [5, 5.41) is 0. The summed E-state index contributed by atoms with van der Waals surface area (Å²) in [6.07, 6.45) is 0. The maximum Gasteiger partial charge on any atom is 0.308 e. The van der Waals surface area contributed by atoms with Crippen LogP contribution in [0, 0.1) is 6.92 Å². The van der Waals surface area contributed by atoms with E-state index in [1.165, 1.54) is 5.56 Å². The van der Waals surface area contributed by atoms with E-state index >= 15 is 0 Å². The molecule has 0 aliphatic rings. The summed E-state index contributed by atoms with van der Waals surface area (Å²) in [5.74, 6) is 0.516. The van der Waals surface area contributed by atoms with E-state index < -0.39 is 7.59 Å². The predicted molar refractivity (Wildman–Crippen MR) is 90.6 cm³/mol. The van der Waals surface area contributed by atoms with Crippen LogP contribution < -0.4 is 15.8 Å². The van der Waals surface area contributed by atoms with Crippen molar-refractivity contribution in [2.24, 2.45) is 11.0 Å². The molecule has 0 fully saturated rings. The minimum Gasteiger partial charge on any atom is -0.397 e. The first-order valence-corrected chi connectivity index (χ1v) is 9.06. The lowest BCUT2D eigenvalue weighted by molar-refractivity contribution is -0.000404. The van der Waals surface area contributed by atoms with E-state index in [1.807, 2.05) is 37.3 Å². The largest absolute Gasteiger partial charge is 0.397 e. The summed E-state index contributed by atoms with van der Waals surface area (Å²) in [6, 6.07) is 17.0. The zero-order valence-corrected chi connectivity index (χ0v) is 14.0. The van der Waals surface area contributed by atoms with Gasteiger partial charge in [-0.25, -0.2) is 0 Å². The number of ether oxygens (including phenoxy) is 1. The van der Waals surface area contributed by atoms with Crippen LogP contribution in [0.15, 0.2) is 54.6 Å². The van der Waals surface area contributed by atoms with Crippen LogP contribution in [0.5, 0.6) is 5.75 Å². The number of para-hydroxylation sites is 1. The van der Waals surface area contributed by atoms with E-state index in [1.54, 1.807) is 24.3 Å². The van der Waals surface area contributed by atoms with Gasteiger partial charge >= 0.3 is 7.59 Å². The minimum absolute atomic E-state index is 0.199. The van der Waals surface area contributed by atoms with Gasteiger partial charge < -0.3 is 9.57 Å². The van der Waals surface area contributed by atoms with E-state index in [0.717, 1.165) is 10.4 Å². The molecule has 0 aliphatic heterocycles. The van der Waals surface area contributed by atoms with Gasteiger partial charge in [-0.05, 0) is 24.6 Å². The molecule has 7 heteroatoms. The van der Waals surface area contributed by atoms with Crippen molar-refractivity contribution in [3.63, 3.8) is 0 Å². The molecule has 6 nitrogen and oxygen atoms in total. The third-order valence-electron chi connectivity index (χ3n) is 3.12. The van der Waals surface area contributed by atoms with Gasteiger partial charge in [0, 0.05) is 0 Å². The number of nitrogens with zero attached hydrogens (tertiary/aromatic N) is 1. The Kier molecular flexibility index (Phi) is 6.33. The molecule has 0 aliphatic carbocycles. The number of aryl methyl sites for hydroxylation is 1. The summed E-state index contributed by atoms with van der Waals surface area (Å²) in [4.78, 5) is 6.57. The molecule has 0 heterocycles. The molecule has 0 bridgehead atoms. The van der Waals surface area contributed by atoms with Crippen LogP contribution in [0.1, 0.15) is 11.1 Å². The maximum atomic E-state index is 11.9. The van der Waals surface area contributed by atoms with Crippen molar-refractivity contribution in [2.75, 3.05) is 13.2 Å². The van der Waals surface area contributed by atoms with Crippen molar-refractivity contribution in [1.29, 1.82) is 0 Å². The second kappa shape index (κ2) is 8.24. The van der Waals surface area contributed by atoms with Gasteiger partial charge in [-0.15, -0.1) is 0 Å². The Labute approximate surface area is 136 Å². The molecule has 23 heavy (non-hydrogen) atoms. The molecule has 0 radical (unpaired) electrons. The quantitative estimate of drug-likeness (QED) is 0.438. The molecule has 0 saturated heterocycles. The summed E-state index contributed by atoms with van der Waals surface area (Å²) in [7, 11) is -3.53. The molecule has 124 valence electrons. The van der Waals surface area contributed by atoms with Gasteiger partial charge in [0.2, 0.25) is 0 Å². The highest BCUT2D eigenvalue weighted by Crippen LogP contribution is 2.32. The van der Waals surface area contributed by atoms with Crippen molar-refractivity contribution in [3.05, 3.63) is 65.7 Å². The SMILES string of the molecule is Cc1ccc(COCCN(Oc2ccccc2)P(N)(N)=O)cc1. The van der Waals surface area contributed by atoms with Crippen molar-refractivity contribution in [1.82, 2.24) is 4.83 Å². The van der Waals surface area contributed by atoms with E-state index in [4.69, 9.17) is 20.6 Å². The molecular weight excluding hydrogens is 313 g/mol. The average molecular weight is 335 g/mol. The lowest BCUT2D eigenvalue weighted by Crippen LogP contribution is -2.34. The number of nitrogens with two attached hydrogens (primary N) is 2. The van der Waals surface area contributed by atoms with Crippen molar-refractivity contribution >= 4 is 7.59 Å². The predicted octanol–water partition coefficient (Wildman–Crippen LogP) is 2.83.